The highest BCUT2D eigenvalue weighted by Gasteiger charge is 2.27. The fourth-order valence-corrected chi connectivity index (χ4v) is 3.97. The molecule has 0 aliphatic carbocycles. The summed E-state index contributed by atoms with van der Waals surface area (Å²) in [4.78, 5) is 27.0. The minimum atomic E-state index is -0.148. The van der Waals surface area contributed by atoms with E-state index in [-0.39, 0.29) is 24.5 Å². The smallest absolute Gasteiger partial charge is 0.246 e. The van der Waals surface area contributed by atoms with Gasteiger partial charge in [0.15, 0.2) is 11.5 Å². The van der Waals surface area contributed by atoms with Crippen LogP contribution >= 0.6 is 11.6 Å². The maximum absolute atomic E-state index is 12.6. The molecule has 0 radical (unpaired) electrons. The van der Waals surface area contributed by atoms with E-state index in [1.807, 2.05) is 18.2 Å². The van der Waals surface area contributed by atoms with Crippen molar-refractivity contribution >= 4 is 35.2 Å². The average molecular weight is 443 g/mol. The Balaban J connectivity index is 1.31. The minimum Gasteiger partial charge on any atom is -0.495 e. The average Bonchev–Trinajstić information content (AvgIpc) is 3.27. The number of nitrogens with one attached hydrogen (secondary N) is 1. The normalized spacial score (nSPS) is 15.9. The Bertz CT molecular complexity index is 1020. The lowest BCUT2D eigenvalue weighted by atomic mass is 9.95. The predicted molar refractivity (Wildman–Crippen MR) is 118 cm³/mol. The van der Waals surface area contributed by atoms with Gasteiger partial charge in [0.1, 0.15) is 5.75 Å². The van der Waals surface area contributed by atoms with Gasteiger partial charge in [0.05, 0.1) is 17.8 Å². The van der Waals surface area contributed by atoms with Crippen molar-refractivity contribution in [2.75, 3.05) is 32.3 Å². The third-order valence-corrected chi connectivity index (χ3v) is 5.69. The summed E-state index contributed by atoms with van der Waals surface area (Å²) in [6, 6.07) is 10.8. The molecule has 8 heteroatoms. The fourth-order valence-electron chi connectivity index (χ4n) is 3.70. The zero-order valence-electron chi connectivity index (χ0n) is 17.1. The number of fused-ring (bicyclic) bond motifs is 1. The molecule has 31 heavy (non-hydrogen) atoms. The Morgan fingerprint density at radius 1 is 1.19 bits per heavy atom. The molecule has 2 aromatic carbocycles. The number of carbonyl (C=O) groups excluding carboxylic acids is 2. The number of rotatable bonds is 5. The van der Waals surface area contributed by atoms with Crippen LogP contribution in [-0.2, 0) is 9.59 Å². The van der Waals surface area contributed by atoms with Crippen LogP contribution in [0.15, 0.2) is 42.5 Å². The number of amides is 2. The van der Waals surface area contributed by atoms with Crippen LogP contribution in [0, 0.1) is 5.92 Å². The van der Waals surface area contributed by atoms with Gasteiger partial charge in [-0.2, -0.15) is 0 Å². The third kappa shape index (κ3) is 4.77. The number of carbonyl (C=O) groups is 2. The first-order valence-electron chi connectivity index (χ1n) is 10.0. The van der Waals surface area contributed by atoms with E-state index in [0.29, 0.717) is 53.9 Å². The maximum atomic E-state index is 12.6. The van der Waals surface area contributed by atoms with E-state index < -0.39 is 0 Å². The van der Waals surface area contributed by atoms with E-state index in [1.165, 1.54) is 6.08 Å². The number of hydrogen-bond acceptors (Lipinski definition) is 5. The van der Waals surface area contributed by atoms with Gasteiger partial charge in [0, 0.05) is 25.1 Å². The minimum absolute atomic E-state index is 0.0536. The molecule has 2 aliphatic heterocycles. The number of piperidine rings is 1. The van der Waals surface area contributed by atoms with E-state index >= 15 is 0 Å². The van der Waals surface area contributed by atoms with Crippen LogP contribution in [0.25, 0.3) is 6.08 Å². The number of anilines is 1. The van der Waals surface area contributed by atoms with Crippen LogP contribution < -0.4 is 19.5 Å². The summed E-state index contributed by atoms with van der Waals surface area (Å²) in [5.74, 6) is 1.42. The molecule has 0 bridgehead atoms. The second-order valence-electron chi connectivity index (χ2n) is 7.36. The zero-order valence-corrected chi connectivity index (χ0v) is 17.9. The first kappa shape index (κ1) is 21.1. The van der Waals surface area contributed by atoms with Gasteiger partial charge in [0.2, 0.25) is 18.6 Å². The van der Waals surface area contributed by atoms with Crippen LogP contribution in [0.5, 0.6) is 17.2 Å². The van der Waals surface area contributed by atoms with Gasteiger partial charge in [-0.05, 0) is 48.7 Å². The molecule has 4 rings (SSSR count). The summed E-state index contributed by atoms with van der Waals surface area (Å²) >= 11 is 6.18. The number of para-hydroxylation sites is 2. The molecule has 2 amide bonds. The Morgan fingerprint density at radius 3 is 2.74 bits per heavy atom. The van der Waals surface area contributed by atoms with Crippen molar-refractivity contribution in [2.24, 2.45) is 5.92 Å². The van der Waals surface area contributed by atoms with Crippen molar-refractivity contribution in [1.29, 1.82) is 0 Å². The number of nitrogens with zero attached hydrogens (tertiary/aromatic N) is 1. The maximum Gasteiger partial charge on any atom is 0.246 e. The molecule has 7 nitrogen and oxygen atoms in total. The van der Waals surface area contributed by atoms with Crippen molar-refractivity contribution in [2.45, 2.75) is 12.8 Å². The number of likely N-dealkylation sites (tertiary alicyclic amines) is 1. The van der Waals surface area contributed by atoms with Gasteiger partial charge in [0.25, 0.3) is 0 Å². The van der Waals surface area contributed by atoms with Crippen LogP contribution in [0.2, 0.25) is 5.02 Å². The highest BCUT2D eigenvalue weighted by Crippen LogP contribution is 2.40. The summed E-state index contributed by atoms with van der Waals surface area (Å²) in [5.41, 5.74) is 1.41. The number of ether oxygens (including phenoxy) is 3. The first-order chi connectivity index (χ1) is 15.0. The second-order valence-corrected chi connectivity index (χ2v) is 7.77. The second kappa shape index (κ2) is 9.31. The van der Waals surface area contributed by atoms with Gasteiger partial charge in [-0.25, -0.2) is 0 Å². The third-order valence-electron chi connectivity index (χ3n) is 5.41. The molecular formula is C23H23ClN2O5. The Morgan fingerprint density at radius 2 is 1.97 bits per heavy atom. The quantitative estimate of drug-likeness (QED) is 0.709. The molecule has 2 aliphatic rings. The summed E-state index contributed by atoms with van der Waals surface area (Å²) in [6.07, 6.45) is 4.44. The molecule has 0 atom stereocenters. The van der Waals surface area contributed by atoms with E-state index in [4.69, 9.17) is 25.8 Å². The van der Waals surface area contributed by atoms with Gasteiger partial charge in [-0.3, -0.25) is 9.59 Å². The molecule has 2 aromatic rings. The predicted octanol–water partition coefficient (Wildman–Crippen LogP) is 3.97. The van der Waals surface area contributed by atoms with Gasteiger partial charge < -0.3 is 24.4 Å². The van der Waals surface area contributed by atoms with Gasteiger partial charge >= 0.3 is 0 Å². The molecule has 1 saturated heterocycles. The Labute approximate surface area is 185 Å². The largest absolute Gasteiger partial charge is 0.495 e. The lowest BCUT2D eigenvalue weighted by Gasteiger charge is -2.30. The molecule has 1 N–H and O–H groups in total. The summed E-state index contributed by atoms with van der Waals surface area (Å²) in [5, 5.41) is 3.38. The van der Waals surface area contributed by atoms with E-state index in [0.717, 1.165) is 5.56 Å². The standard InChI is InChI=1S/C23H23ClN2O5/c1-29-19-5-3-2-4-18(19)25-23(28)16-8-10-26(11-9-16)21(27)7-6-15-12-17(24)22-20(13-15)30-14-31-22/h2-7,12-13,16H,8-11,14H2,1H3,(H,25,28)/b7-6+. The molecule has 2 heterocycles. The van der Waals surface area contributed by atoms with E-state index in [9.17, 15) is 9.59 Å². The first-order valence-corrected chi connectivity index (χ1v) is 10.4. The Hall–Kier alpha value is -3.19. The molecule has 1 fully saturated rings. The highest BCUT2D eigenvalue weighted by atomic mass is 35.5. The SMILES string of the molecule is COc1ccccc1NC(=O)C1CCN(C(=O)/C=C/c2cc(Cl)c3c(c2)OCO3)CC1. The molecule has 0 aromatic heterocycles. The van der Waals surface area contributed by atoms with Crippen LogP contribution in [0.1, 0.15) is 18.4 Å². The van der Waals surface area contributed by atoms with Crippen LogP contribution in [-0.4, -0.2) is 43.7 Å². The topological polar surface area (TPSA) is 77.1 Å². The summed E-state index contributed by atoms with van der Waals surface area (Å²) in [7, 11) is 1.57. The summed E-state index contributed by atoms with van der Waals surface area (Å²) in [6.45, 7) is 1.19. The van der Waals surface area contributed by atoms with E-state index in [1.54, 1.807) is 36.3 Å². The molecule has 162 valence electrons. The van der Waals surface area contributed by atoms with Crippen molar-refractivity contribution < 1.29 is 23.8 Å². The molecule has 0 saturated carbocycles. The number of methoxy groups -OCH3 is 1. The van der Waals surface area contributed by atoms with Crippen LogP contribution in [0.4, 0.5) is 5.69 Å². The van der Waals surface area contributed by atoms with Crippen molar-refractivity contribution in [3.63, 3.8) is 0 Å². The van der Waals surface area contributed by atoms with Crippen LogP contribution in [0.3, 0.4) is 0 Å². The summed E-state index contributed by atoms with van der Waals surface area (Å²) < 4.78 is 15.9. The van der Waals surface area contributed by atoms with Crippen molar-refractivity contribution in [1.82, 2.24) is 4.90 Å². The fraction of sp³-hybridized carbons (Fsp3) is 0.304. The lowest BCUT2D eigenvalue weighted by Crippen LogP contribution is -2.40. The molecule has 0 spiro atoms. The molecule has 0 unspecified atom stereocenters. The number of hydrogen-bond donors (Lipinski definition) is 1. The monoisotopic (exact) mass is 442 g/mol. The lowest BCUT2D eigenvalue weighted by molar-refractivity contribution is -0.130. The number of benzene rings is 2. The van der Waals surface area contributed by atoms with E-state index in [2.05, 4.69) is 5.32 Å². The van der Waals surface area contributed by atoms with Crippen molar-refractivity contribution in [3.05, 3.63) is 53.1 Å². The van der Waals surface area contributed by atoms with Gasteiger partial charge in [-0.1, -0.05) is 23.7 Å². The van der Waals surface area contributed by atoms with Gasteiger partial charge in [-0.15, -0.1) is 0 Å². The highest BCUT2D eigenvalue weighted by molar-refractivity contribution is 6.32. The Kier molecular flexibility index (Phi) is 6.32. The number of halogens is 1. The molecular weight excluding hydrogens is 420 g/mol. The van der Waals surface area contributed by atoms with Crippen molar-refractivity contribution in [3.8, 4) is 17.2 Å². The zero-order chi connectivity index (χ0) is 21.8.